The third kappa shape index (κ3) is 3.40. The summed E-state index contributed by atoms with van der Waals surface area (Å²) in [7, 11) is 2.94. The fourth-order valence-electron chi connectivity index (χ4n) is 0.277. The molecule has 2 nitrogen and oxygen atoms in total. The Kier molecular flexibility index (Phi) is 2.92. The molecule has 0 aliphatic rings. The molecule has 0 aliphatic heterocycles. The summed E-state index contributed by atoms with van der Waals surface area (Å²) < 4.78 is 4.10. The first kappa shape index (κ1) is 7.21. The maximum Gasteiger partial charge on any atom is 0.330 e. The van der Waals surface area contributed by atoms with Gasteiger partial charge in [0, 0.05) is 6.08 Å². The lowest BCUT2D eigenvalue weighted by atomic mass is 10.3. The van der Waals surface area contributed by atoms with Gasteiger partial charge >= 0.3 is 5.97 Å². The SMILES string of the molecule is [CH2]OC(=O)C=C(C)C. The number of carbonyl (C=O) groups excluding carboxylic acids is 1. The molecule has 0 bridgehead atoms. The standard InChI is InChI=1S/C6H9O2/c1-5(2)4-6(7)8-3/h4H,3H2,1-2H3. The smallest absolute Gasteiger partial charge is 0.330 e. The van der Waals surface area contributed by atoms with Crippen LogP contribution in [-0.4, -0.2) is 5.97 Å². The van der Waals surface area contributed by atoms with E-state index in [1.54, 1.807) is 0 Å². The van der Waals surface area contributed by atoms with Gasteiger partial charge in [-0.25, -0.2) is 4.79 Å². The Morgan fingerprint density at radius 3 is 2.25 bits per heavy atom. The van der Waals surface area contributed by atoms with Gasteiger partial charge in [0.05, 0.1) is 0 Å². The minimum absolute atomic E-state index is 0.398. The van der Waals surface area contributed by atoms with Gasteiger partial charge in [0.25, 0.3) is 0 Å². The fraction of sp³-hybridized carbons (Fsp3) is 0.333. The second kappa shape index (κ2) is 3.24. The quantitative estimate of drug-likeness (QED) is 0.378. The lowest BCUT2D eigenvalue weighted by Gasteiger charge is -1.88. The summed E-state index contributed by atoms with van der Waals surface area (Å²) in [5.74, 6) is -0.398. The van der Waals surface area contributed by atoms with Gasteiger partial charge in [0.2, 0.25) is 0 Å². The molecule has 0 unspecified atom stereocenters. The third-order valence-electron chi connectivity index (χ3n) is 0.549. The summed E-state index contributed by atoms with van der Waals surface area (Å²) in [4.78, 5) is 10.3. The van der Waals surface area contributed by atoms with Crippen molar-refractivity contribution in [2.24, 2.45) is 0 Å². The monoisotopic (exact) mass is 113 g/mol. The van der Waals surface area contributed by atoms with E-state index < -0.39 is 5.97 Å². The molecule has 0 N–H and O–H groups in total. The first-order valence-electron chi connectivity index (χ1n) is 2.27. The van der Waals surface area contributed by atoms with Crippen LogP contribution >= 0.6 is 0 Å². The van der Waals surface area contributed by atoms with E-state index >= 15 is 0 Å². The van der Waals surface area contributed by atoms with E-state index in [1.807, 2.05) is 13.8 Å². The van der Waals surface area contributed by atoms with Gasteiger partial charge in [0.15, 0.2) is 0 Å². The van der Waals surface area contributed by atoms with Crippen molar-refractivity contribution in [1.29, 1.82) is 0 Å². The van der Waals surface area contributed by atoms with Gasteiger partial charge in [-0.1, -0.05) is 5.57 Å². The molecule has 0 aromatic carbocycles. The number of allylic oxidation sites excluding steroid dienone is 1. The molecule has 0 fully saturated rings. The lowest BCUT2D eigenvalue weighted by Crippen LogP contribution is -1.92. The van der Waals surface area contributed by atoms with Crippen LogP contribution in [0.2, 0.25) is 0 Å². The minimum atomic E-state index is -0.398. The van der Waals surface area contributed by atoms with Gasteiger partial charge in [-0.2, -0.15) is 0 Å². The van der Waals surface area contributed by atoms with Crippen LogP contribution in [0.25, 0.3) is 0 Å². The summed E-state index contributed by atoms with van der Waals surface area (Å²) in [6, 6.07) is 0. The normalized spacial score (nSPS) is 7.88. The van der Waals surface area contributed by atoms with Crippen LogP contribution in [0.3, 0.4) is 0 Å². The van der Waals surface area contributed by atoms with Crippen LogP contribution in [0.4, 0.5) is 0 Å². The minimum Gasteiger partial charge on any atom is -0.459 e. The van der Waals surface area contributed by atoms with Crippen LogP contribution < -0.4 is 0 Å². The van der Waals surface area contributed by atoms with Gasteiger partial charge in [-0.05, 0) is 13.8 Å². The molecule has 0 rings (SSSR count). The average Bonchev–Trinajstić information content (AvgIpc) is 1.65. The van der Waals surface area contributed by atoms with Crippen molar-refractivity contribution in [1.82, 2.24) is 0 Å². The summed E-state index contributed by atoms with van der Waals surface area (Å²) in [5.41, 5.74) is 0.915. The van der Waals surface area contributed by atoms with E-state index in [0.29, 0.717) is 0 Å². The highest BCUT2D eigenvalue weighted by Crippen LogP contribution is 1.88. The molecule has 45 valence electrons. The Balaban J connectivity index is 3.70. The molecule has 2 heteroatoms. The fourth-order valence-corrected chi connectivity index (χ4v) is 0.277. The van der Waals surface area contributed by atoms with Crippen LogP contribution in [0.1, 0.15) is 13.8 Å². The van der Waals surface area contributed by atoms with Crippen molar-refractivity contribution < 1.29 is 9.53 Å². The van der Waals surface area contributed by atoms with Crippen molar-refractivity contribution in [3.8, 4) is 0 Å². The van der Waals surface area contributed by atoms with Crippen molar-refractivity contribution in [3.05, 3.63) is 18.8 Å². The number of ether oxygens (including phenoxy) is 1. The number of hydrogen-bond donors (Lipinski definition) is 0. The van der Waals surface area contributed by atoms with Crippen molar-refractivity contribution in [3.63, 3.8) is 0 Å². The summed E-state index contributed by atoms with van der Waals surface area (Å²) in [6.45, 7) is 3.63. The Morgan fingerprint density at radius 2 is 2.12 bits per heavy atom. The third-order valence-corrected chi connectivity index (χ3v) is 0.549. The second-order valence-corrected chi connectivity index (χ2v) is 1.69. The Hall–Kier alpha value is -0.790. The first-order valence-corrected chi connectivity index (χ1v) is 2.27. The van der Waals surface area contributed by atoms with Gasteiger partial charge in [0.1, 0.15) is 7.11 Å². The molecule has 0 spiro atoms. The molecular weight excluding hydrogens is 104 g/mol. The number of hydrogen-bond acceptors (Lipinski definition) is 2. The predicted molar refractivity (Wildman–Crippen MR) is 30.9 cm³/mol. The molecule has 0 aromatic heterocycles. The molecule has 0 aromatic rings. The molecule has 8 heavy (non-hydrogen) atoms. The highest BCUT2D eigenvalue weighted by Gasteiger charge is 1.89. The van der Waals surface area contributed by atoms with E-state index in [1.165, 1.54) is 6.08 Å². The van der Waals surface area contributed by atoms with Crippen LogP contribution in [-0.2, 0) is 9.53 Å². The van der Waals surface area contributed by atoms with E-state index in [-0.39, 0.29) is 0 Å². The molecule has 0 saturated heterocycles. The topological polar surface area (TPSA) is 26.3 Å². The van der Waals surface area contributed by atoms with E-state index in [2.05, 4.69) is 11.8 Å². The van der Waals surface area contributed by atoms with Gasteiger partial charge < -0.3 is 4.74 Å². The second-order valence-electron chi connectivity index (χ2n) is 1.69. The van der Waals surface area contributed by atoms with Crippen molar-refractivity contribution in [2.75, 3.05) is 0 Å². The first-order chi connectivity index (χ1) is 3.66. The van der Waals surface area contributed by atoms with E-state index in [0.717, 1.165) is 5.57 Å². The predicted octanol–water partition coefficient (Wildman–Crippen LogP) is 1.29. The van der Waals surface area contributed by atoms with Gasteiger partial charge in [-0.3, -0.25) is 0 Å². The van der Waals surface area contributed by atoms with E-state index in [9.17, 15) is 4.79 Å². The molecule has 0 amide bonds. The summed E-state index contributed by atoms with van der Waals surface area (Å²) in [5, 5.41) is 0. The maximum absolute atomic E-state index is 10.3. The van der Waals surface area contributed by atoms with Crippen LogP contribution in [0.15, 0.2) is 11.6 Å². The number of esters is 1. The lowest BCUT2D eigenvalue weighted by molar-refractivity contribution is -0.132. The average molecular weight is 113 g/mol. The largest absolute Gasteiger partial charge is 0.459 e. The summed E-state index contributed by atoms with van der Waals surface area (Å²) >= 11 is 0. The molecular formula is C6H9O2. The van der Waals surface area contributed by atoms with Crippen molar-refractivity contribution in [2.45, 2.75) is 13.8 Å². The molecule has 1 radical (unpaired) electrons. The van der Waals surface area contributed by atoms with E-state index in [4.69, 9.17) is 0 Å². The molecule has 0 aliphatic carbocycles. The molecule has 0 atom stereocenters. The zero-order valence-corrected chi connectivity index (χ0v) is 5.10. The van der Waals surface area contributed by atoms with Crippen LogP contribution in [0.5, 0.6) is 0 Å². The highest BCUT2D eigenvalue weighted by molar-refractivity contribution is 5.82. The Morgan fingerprint density at radius 1 is 1.62 bits per heavy atom. The zero-order valence-electron chi connectivity index (χ0n) is 5.10. The number of rotatable bonds is 1. The maximum atomic E-state index is 10.3. The van der Waals surface area contributed by atoms with Crippen LogP contribution in [0, 0.1) is 7.11 Å². The summed E-state index contributed by atoms with van der Waals surface area (Å²) in [6.07, 6.45) is 1.38. The Labute approximate surface area is 49.1 Å². The highest BCUT2D eigenvalue weighted by atomic mass is 16.5. The Bertz CT molecular complexity index is 110. The molecule has 0 saturated carbocycles. The van der Waals surface area contributed by atoms with Crippen molar-refractivity contribution >= 4 is 5.97 Å². The van der Waals surface area contributed by atoms with Gasteiger partial charge in [-0.15, -0.1) is 0 Å². The molecule has 0 heterocycles. The zero-order chi connectivity index (χ0) is 6.57. The number of carbonyl (C=O) groups is 1.